The molecule has 0 radical (unpaired) electrons. The molecule has 0 spiro atoms. The number of fused-ring (bicyclic) bond motifs is 1. The van der Waals surface area contributed by atoms with Gasteiger partial charge in [0, 0.05) is 16.4 Å². The molecule has 1 amide bonds. The van der Waals surface area contributed by atoms with E-state index in [1.54, 1.807) is 11.8 Å². The minimum absolute atomic E-state index is 0.0751. The highest BCUT2D eigenvalue weighted by molar-refractivity contribution is 14.1. The monoisotopic (exact) mass is 409 g/mol. The van der Waals surface area contributed by atoms with Crippen LogP contribution in [0.2, 0.25) is 0 Å². The minimum Gasteiger partial charge on any atom is -0.479 e. The van der Waals surface area contributed by atoms with Crippen LogP contribution in [0.4, 0.5) is 5.69 Å². The van der Waals surface area contributed by atoms with Gasteiger partial charge in [0.15, 0.2) is 6.10 Å². The first-order chi connectivity index (χ1) is 9.28. The molecule has 0 saturated carbocycles. The number of benzene rings is 1. The van der Waals surface area contributed by atoms with Gasteiger partial charge in [-0.25, -0.2) is 8.42 Å². The summed E-state index contributed by atoms with van der Waals surface area (Å²) in [6.45, 7) is 2.09. The number of carbonyl (C=O) groups is 1. The summed E-state index contributed by atoms with van der Waals surface area (Å²) in [6.07, 6.45) is 1.08. The number of halogens is 1. The second-order valence-electron chi connectivity index (χ2n) is 4.85. The lowest BCUT2D eigenvalue weighted by Gasteiger charge is -2.33. The van der Waals surface area contributed by atoms with E-state index < -0.39 is 15.9 Å². The Balaban J connectivity index is 2.21. The molecule has 1 aromatic rings. The van der Waals surface area contributed by atoms with Crippen molar-refractivity contribution in [3.8, 4) is 5.75 Å². The van der Waals surface area contributed by atoms with Crippen molar-refractivity contribution in [3.05, 3.63) is 21.8 Å². The summed E-state index contributed by atoms with van der Waals surface area (Å²) < 4.78 is 29.0. The maximum Gasteiger partial charge on any atom is 0.267 e. The van der Waals surface area contributed by atoms with Gasteiger partial charge in [0.1, 0.15) is 15.6 Å². The van der Waals surface area contributed by atoms with Crippen molar-refractivity contribution in [1.29, 1.82) is 0 Å². The SMILES string of the molecule is CC1Oc2cc(I)ccc2N(CCCS(C)(=O)=O)C1=O. The summed E-state index contributed by atoms with van der Waals surface area (Å²) in [6, 6.07) is 5.61. The minimum atomic E-state index is -3.01. The van der Waals surface area contributed by atoms with E-state index in [9.17, 15) is 13.2 Å². The molecular formula is C13H16INO4S. The van der Waals surface area contributed by atoms with Crippen LogP contribution in [-0.2, 0) is 14.6 Å². The van der Waals surface area contributed by atoms with Crippen molar-refractivity contribution < 1.29 is 17.9 Å². The molecule has 110 valence electrons. The molecule has 0 bridgehead atoms. The van der Waals surface area contributed by atoms with Crippen LogP contribution in [0.1, 0.15) is 13.3 Å². The van der Waals surface area contributed by atoms with Crippen LogP contribution in [0, 0.1) is 3.57 Å². The third kappa shape index (κ3) is 3.63. The Kier molecular flexibility index (Phi) is 4.58. The van der Waals surface area contributed by atoms with Gasteiger partial charge in [-0.15, -0.1) is 0 Å². The quantitative estimate of drug-likeness (QED) is 0.713. The zero-order chi connectivity index (χ0) is 14.9. The Labute approximate surface area is 132 Å². The maximum absolute atomic E-state index is 12.2. The summed E-state index contributed by atoms with van der Waals surface area (Å²) in [5, 5.41) is 0. The van der Waals surface area contributed by atoms with E-state index in [0.29, 0.717) is 24.4 Å². The number of hydrogen-bond donors (Lipinski definition) is 0. The lowest BCUT2D eigenvalue weighted by Crippen LogP contribution is -2.45. The first-order valence-corrected chi connectivity index (χ1v) is 9.37. The summed E-state index contributed by atoms with van der Waals surface area (Å²) in [7, 11) is -3.01. The molecule has 7 heteroatoms. The summed E-state index contributed by atoms with van der Waals surface area (Å²) in [5.74, 6) is 0.613. The molecule has 2 rings (SSSR count). The van der Waals surface area contributed by atoms with Gasteiger partial charge in [-0.05, 0) is 54.1 Å². The smallest absolute Gasteiger partial charge is 0.267 e. The van der Waals surface area contributed by atoms with Gasteiger partial charge in [0.2, 0.25) is 0 Å². The van der Waals surface area contributed by atoms with E-state index >= 15 is 0 Å². The Bertz CT molecular complexity index is 629. The van der Waals surface area contributed by atoms with Gasteiger partial charge in [-0.1, -0.05) is 0 Å². The predicted molar refractivity (Wildman–Crippen MR) is 85.9 cm³/mol. The summed E-state index contributed by atoms with van der Waals surface area (Å²) >= 11 is 2.18. The number of nitrogens with zero attached hydrogens (tertiary/aromatic N) is 1. The standard InChI is InChI=1S/C13H16INO4S/c1-9-13(16)15(6-3-7-20(2,17)18)11-5-4-10(14)8-12(11)19-9/h4-5,8-9H,3,6-7H2,1-2H3. The van der Waals surface area contributed by atoms with E-state index in [1.165, 1.54) is 6.26 Å². The van der Waals surface area contributed by atoms with Gasteiger partial charge < -0.3 is 9.64 Å². The first kappa shape index (κ1) is 15.6. The Morgan fingerprint density at radius 3 is 2.75 bits per heavy atom. The number of amides is 1. The topological polar surface area (TPSA) is 63.7 Å². The molecule has 0 aromatic heterocycles. The van der Waals surface area contributed by atoms with Crippen LogP contribution in [0.15, 0.2) is 18.2 Å². The normalized spacial score (nSPS) is 18.6. The lowest BCUT2D eigenvalue weighted by atomic mass is 10.2. The maximum atomic E-state index is 12.2. The fourth-order valence-electron chi connectivity index (χ4n) is 2.10. The Morgan fingerprint density at radius 2 is 2.10 bits per heavy atom. The van der Waals surface area contributed by atoms with Crippen molar-refractivity contribution >= 4 is 44.0 Å². The van der Waals surface area contributed by atoms with E-state index in [1.807, 2.05) is 18.2 Å². The summed E-state index contributed by atoms with van der Waals surface area (Å²) in [4.78, 5) is 13.8. The van der Waals surface area contributed by atoms with E-state index in [2.05, 4.69) is 22.6 Å². The number of rotatable bonds is 4. The van der Waals surface area contributed by atoms with Gasteiger partial charge in [-0.3, -0.25) is 4.79 Å². The molecule has 1 heterocycles. The highest BCUT2D eigenvalue weighted by atomic mass is 127. The molecule has 5 nitrogen and oxygen atoms in total. The number of anilines is 1. The molecular weight excluding hydrogens is 393 g/mol. The molecule has 1 aliphatic heterocycles. The average molecular weight is 409 g/mol. The largest absolute Gasteiger partial charge is 0.479 e. The lowest BCUT2D eigenvalue weighted by molar-refractivity contribution is -0.125. The van der Waals surface area contributed by atoms with E-state index in [0.717, 1.165) is 3.57 Å². The van der Waals surface area contributed by atoms with Crippen LogP contribution < -0.4 is 9.64 Å². The summed E-state index contributed by atoms with van der Waals surface area (Å²) in [5.41, 5.74) is 0.710. The molecule has 0 aliphatic carbocycles. The molecule has 1 unspecified atom stereocenters. The van der Waals surface area contributed by atoms with Crippen LogP contribution in [0.25, 0.3) is 0 Å². The number of sulfone groups is 1. The average Bonchev–Trinajstić information content (AvgIpc) is 2.32. The zero-order valence-electron chi connectivity index (χ0n) is 11.3. The third-order valence-electron chi connectivity index (χ3n) is 3.03. The zero-order valence-corrected chi connectivity index (χ0v) is 14.3. The molecule has 1 aromatic carbocycles. The second kappa shape index (κ2) is 5.88. The van der Waals surface area contributed by atoms with Crippen LogP contribution in [0.3, 0.4) is 0 Å². The van der Waals surface area contributed by atoms with E-state index in [-0.39, 0.29) is 11.7 Å². The van der Waals surface area contributed by atoms with Gasteiger partial charge in [0.05, 0.1) is 11.4 Å². The van der Waals surface area contributed by atoms with Crippen LogP contribution >= 0.6 is 22.6 Å². The van der Waals surface area contributed by atoms with Gasteiger partial charge in [-0.2, -0.15) is 0 Å². The number of ether oxygens (including phenoxy) is 1. The Hall–Kier alpha value is -0.830. The highest BCUT2D eigenvalue weighted by Gasteiger charge is 2.31. The molecule has 1 atom stereocenters. The van der Waals surface area contributed by atoms with Crippen molar-refractivity contribution in [2.24, 2.45) is 0 Å². The molecule has 0 saturated heterocycles. The predicted octanol–water partition coefficient (Wildman–Crippen LogP) is 1.84. The molecule has 0 N–H and O–H groups in total. The fraction of sp³-hybridized carbons (Fsp3) is 0.462. The van der Waals surface area contributed by atoms with Crippen molar-refractivity contribution in [2.45, 2.75) is 19.4 Å². The molecule has 0 fully saturated rings. The second-order valence-corrected chi connectivity index (χ2v) is 8.35. The van der Waals surface area contributed by atoms with Crippen LogP contribution in [-0.4, -0.2) is 39.0 Å². The fourth-order valence-corrected chi connectivity index (χ4v) is 3.22. The van der Waals surface area contributed by atoms with Crippen molar-refractivity contribution in [2.75, 3.05) is 23.5 Å². The van der Waals surface area contributed by atoms with Gasteiger partial charge in [0.25, 0.3) is 5.91 Å². The van der Waals surface area contributed by atoms with Crippen LogP contribution in [0.5, 0.6) is 5.75 Å². The van der Waals surface area contributed by atoms with Crippen molar-refractivity contribution in [1.82, 2.24) is 0 Å². The van der Waals surface area contributed by atoms with Gasteiger partial charge >= 0.3 is 0 Å². The van der Waals surface area contributed by atoms with Crippen molar-refractivity contribution in [3.63, 3.8) is 0 Å². The number of hydrogen-bond acceptors (Lipinski definition) is 4. The molecule has 20 heavy (non-hydrogen) atoms. The number of carbonyl (C=O) groups excluding carboxylic acids is 1. The van der Waals surface area contributed by atoms with E-state index in [4.69, 9.17) is 4.74 Å². The Morgan fingerprint density at radius 1 is 1.40 bits per heavy atom. The third-order valence-corrected chi connectivity index (χ3v) is 4.73. The molecule has 1 aliphatic rings. The highest BCUT2D eigenvalue weighted by Crippen LogP contribution is 2.35. The first-order valence-electron chi connectivity index (χ1n) is 6.23.